The Morgan fingerprint density at radius 1 is 1.28 bits per heavy atom. The number of carbonyl (C=O) groups is 2. The van der Waals surface area contributed by atoms with Gasteiger partial charge in [0.1, 0.15) is 23.4 Å². The van der Waals surface area contributed by atoms with Gasteiger partial charge in [0, 0.05) is 6.42 Å². The number of nitrogens with two attached hydrogens (primary N) is 1. The molecule has 2 amide bonds. The number of aromatic nitrogens is 2. The molecule has 32 heavy (non-hydrogen) atoms. The van der Waals surface area contributed by atoms with E-state index in [-0.39, 0.29) is 18.2 Å². The Kier molecular flexibility index (Phi) is 6.40. The van der Waals surface area contributed by atoms with Crippen molar-refractivity contribution >= 4 is 46.0 Å². The summed E-state index contributed by atoms with van der Waals surface area (Å²) in [7, 11) is 0. The highest BCUT2D eigenvalue weighted by atomic mass is 32.2. The zero-order chi connectivity index (χ0) is 22.7. The van der Waals surface area contributed by atoms with Crippen LogP contribution in [-0.2, 0) is 9.59 Å². The molecule has 0 unspecified atom stereocenters. The van der Waals surface area contributed by atoms with E-state index in [0.29, 0.717) is 17.9 Å². The highest BCUT2D eigenvalue weighted by molar-refractivity contribution is 7.98. The van der Waals surface area contributed by atoms with Crippen LogP contribution in [-0.4, -0.2) is 45.5 Å². The predicted octanol–water partition coefficient (Wildman–Crippen LogP) is 2.73. The van der Waals surface area contributed by atoms with Gasteiger partial charge < -0.3 is 16.0 Å². The summed E-state index contributed by atoms with van der Waals surface area (Å²) in [5.41, 5.74) is 7.91. The molecule has 0 spiro atoms. The van der Waals surface area contributed by atoms with E-state index in [1.165, 1.54) is 29.3 Å². The molecule has 1 aliphatic heterocycles. The molecule has 2 aromatic carbocycles. The summed E-state index contributed by atoms with van der Waals surface area (Å²) in [6.07, 6.45) is 2.73. The average Bonchev–Trinajstić information content (AvgIpc) is 3.42. The fourth-order valence-corrected chi connectivity index (χ4v) is 4.06. The van der Waals surface area contributed by atoms with Crippen molar-refractivity contribution < 1.29 is 14.0 Å². The van der Waals surface area contributed by atoms with Gasteiger partial charge in [0.15, 0.2) is 0 Å². The average molecular weight is 455 g/mol. The lowest BCUT2D eigenvalue weighted by Gasteiger charge is -2.20. The minimum absolute atomic E-state index is 0.0634. The van der Waals surface area contributed by atoms with Crippen LogP contribution in [0.4, 0.5) is 10.1 Å². The van der Waals surface area contributed by atoms with Gasteiger partial charge >= 0.3 is 0 Å². The molecule has 0 saturated carbocycles. The minimum Gasteiger partial charge on any atom is -0.368 e. The number of fused-ring (bicyclic) bond motifs is 1. The molecule has 10 heteroatoms. The molecule has 0 fully saturated rings. The van der Waals surface area contributed by atoms with Gasteiger partial charge in [0.25, 0.3) is 5.91 Å². The van der Waals surface area contributed by atoms with E-state index >= 15 is 0 Å². The van der Waals surface area contributed by atoms with Crippen LogP contribution in [0.5, 0.6) is 0 Å². The number of hydrogen-bond donors (Lipinski definition) is 3. The lowest BCUT2D eigenvalue weighted by molar-refractivity contribution is -0.119. The van der Waals surface area contributed by atoms with Crippen molar-refractivity contribution in [3.8, 4) is 0 Å². The molecule has 0 saturated heterocycles. The number of rotatable bonds is 8. The zero-order valence-corrected chi connectivity index (χ0v) is 18.2. The smallest absolute Gasteiger partial charge is 0.268 e. The highest BCUT2D eigenvalue weighted by Gasteiger charge is 2.35. The van der Waals surface area contributed by atoms with Crippen molar-refractivity contribution in [3.05, 3.63) is 60.2 Å². The molecular weight excluding hydrogens is 431 g/mol. The van der Waals surface area contributed by atoms with Gasteiger partial charge in [-0.2, -0.15) is 16.9 Å². The summed E-state index contributed by atoms with van der Waals surface area (Å²) in [4.78, 5) is 33.0. The molecule has 8 nitrogen and oxygen atoms in total. The SMILES string of the molecule is CSCC[C@@H](NC(=O)C1=NN(c2ccc(F)cc2)[C@@H](C(N)=O)C1)c1nc2ccccc2[nH]1. The van der Waals surface area contributed by atoms with E-state index in [1.54, 1.807) is 11.8 Å². The van der Waals surface area contributed by atoms with Crippen LogP contribution in [0.2, 0.25) is 0 Å². The van der Waals surface area contributed by atoms with Crippen molar-refractivity contribution in [1.29, 1.82) is 0 Å². The number of benzene rings is 2. The normalized spacial score (nSPS) is 16.8. The summed E-state index contributed by atoms with van der Waals surface area (Å²) in [5, 5.41) is 8.71. The van der Waals surface area contributed by atoms with Crippen LogP contribution < -0.4 is 16.1 Å². The van der Waals surface area contributed by atoms with Gasteiger partial charge in [-0.3, -0.25) is 14.6 Å². The number of nitrogens with one attached hydrogen (secondary N) is 2. The highest BCUT2D eigenvalue weighted by Crippen LogP contribution is 2.26. The molecule has 4 N–H and O–H groups in total. The number of H-pyrrole nitrogens is 1. The van der Waals surface area contributed by atoms with Crippen LogP contribution >= 0.6 is 11.8 Å². The van der Waals surface area contributed by atoms with Gasteiger partial charge in [-0.15, -0.1) is 0 Å². The first-order chi connectivity index (χ1) is 15.5. The summed E-state index contributed by atoms with van der Waals surface area (Å²) < 4.78 is 13.3. The molecule has 3 aromatic rings. The van der Waals surface area contributed by atoms with Crippen LogP contribution in [0.15, 0.2) is 53.6 Å². The van der Waals surface area contributed by atoms with Gasteiger partial charge in [-0.1, -0.05) is 12.1 Å². The van der Waals surface area contributed by atoms with Gasteiger partial charge in [0.2, 0.25) is 5.91 Å². The lowest BCUT2D eigenvalue weighted by Crippen LogP contribution is -2.40. The van der Waals surface area contributed by atoms with Gasteiger partial charge in [-0.05, 0) is 54.8 Å². The molecule has 0 radical (unpaired) electrons. The molecular formula is C22H23FN6O2S. The summed E-state index contributed by atoms with van der Waals surface area (Å²) in [5.74, 6) is 0.0617. The van der Waals surface area contributed by atoms with Crippen molar-refractivity contribution in [3.63, 3.8) is 0 Å². The number of primary amides is 1. The zero-order valence-electron chi connectivity index (χ0n) is 17.4. The molecule has 0 aliphatic carbocycles. The van der Waals surface area contributed by atoms with E-state index in [2.05, 4.69) is 20.4 Å². The summed E-state index contributed by atoms with van der Waals surface area (Å²) in [6.45, 7) is 0. The van der Waals surface area contributed by atoms with Crippen molar-refractivity contribution in [2.24, 2.45) is 10.8 Å². The monoisotopic (exact) mass is 454 g/mol. The van der Waals surface area contributed by atoms with Gasteiger partial charge in [0.05, 0.1) is 22.8 Å². The largest absolute Gasteiger partial charge is 0.368 e. The molecule has 1 aromatic heterocycles. The number of aromatic amines is 1. The molecule has 2 atom stereocenters. The fourth-order valence-electron chi connectivity index (χ4n) is 3.59. The lowest BCUT2D eigenvalue weighted by atomic mass is 10.1. The second kappa shape index (κ2) is 9.39. The number of para-hydroxylation sites is 2. The van der Waals surface area contributed by atoms with Crippen molar-refractivity contribution in [2.75, 3.05) is 17.0 Å². The minimum atomic E-state index is -0.822. The Labute approximate surface area is 188 Å². The van der Waals surface area contributed by atoms with Crippen molar-refractivity contribution in [1.82, 2.24) is 15.3 Å². The molecule has 0 bridgehead atoms. The Hall–Kier alpha value is -3.40. The Bertz CT molecular complexity index is 1130. The number of nitrogens with zero attached hydrogens (tertiary/aromatic N) is 3. The summed E-state index contributed by atoms with van der Waals surface area (Å²) in [6, 6.07) is 12.0. The van der Waals surface area contributed by atoms with E-state index in [1.807, 2.05) is 30.5 Å². The number of carbonyl (C=O) groups excluding carboxylic acids is 2. The van der Waals surface area contributed by atoms with E-state index in [9.17, 15) is 14.0 Å². The third-order valence-electron chi connectivity index (χ3n) is 5.25. The topological polar surface area (TPSA) is 116 Å². The van der Waals surface area contributed by atoms with Gasteiger partial charge in [-0.25, -0.2) is 9.37 Å². The molecule has 2 heterocycles. The number of hydrogen-bond acceptors (Lipinski definition) is 6. The molecule has 4 rings (SSSR count). The number of amides is 2. The van der Waals surface area contributed by atoms with Crippen LogP contribution in [0.25, 0.3) is 11.0 Å². The first-order valence-electron chi connectivity index (χ1n) is 10.1. The Balaban J connectivity index is 1.57. The first kappa shape index (κ1) is 21.8. The summed E-state index contributed by atoms with van der Waals surface area (Å²) >= 11 is 1.67. The number of imidazole rings is 1. The maximum atomic E-state index is 13.3. The number of hydrazone groups is 1. The molecule has 1 aliphatic rings. The predicted molar refractivity (Wildman–Crippen MR) is 124 cm³/mol. The van der Waals surface area contributed by atoms with E-state index in [4.69, 9.17) is 5.73 Å². The molecule has 166 valence electrons. The maximum absolute atomic E-state index is 13.3. The quantitative estimate of drug-likeness (QED) is 0.484. The standard InChI is InChI=1S/C22H23FN6O2S/c1-32-11-10-17(21-25-15-4-2-3-5-16(15)26-21)27-22(31)18-12-19(20(24)30)29(28-18)14-8-6-13(23)7-9-14/h2-9,17,19H,10-12H2,1H3,(H2,24,30)(H,25,26)(H,27,31)/t17-,19-/m1/s1. The number of halogens is 1. The second-order valence-electron chi connectivity index (χ2n) is 7.44. The fraction of sp³-hybridized carbons (Fsp3) is 0.273. The third kappa shape index (κ3) is 4.59. The first-order valence-corrected chi connectivity index (χ1v) is 11.5. The number of thioether (sulfide) groups is 1. The van der Waals surface area contributed by atoms with Crippen LogP contribution in [0.3, 0.4) is 0 Å². The van der Waals surface area contributed by atoms with E-state index < -0.39 is 23.7 Å². The second-order valence-corrected chi connectivity index (χ2v) is 8.42. The van der Waals surface area contributed by atoms with E-state index in [0.717, 1.165) is 16.8 Å². The Morgan fingerprint density at radius 2 is 2.03 bits per heavy atom. The third-order valence-corrected chi connectivity index (χ3v) is 5.89. The van der Waals surface area contributed by atoms with Crippen molar-refractivity contribution in [2.45, 2.75) is 24.9 Å². The Morgan fingerprint density at radius 3 is 2.72 bits per heavy atom. The number of anilines is 1. The van der Waals surface area contributed by atoms with Crippen LogP contribution in [0.1, 0.15) is 24.7 Å². The van der Waals surface area contributed by atoms with Crippen LogP contribution in [0, 0.1) is 5.82 Å². The maximum Gasteiger partial charge on any atom is 0.268 e.